The highest BCUT2D eigenvalue weighted by Crippen LogP contribution is 2.28. The van der Waals surface area contributed by atoms with Gasteiger partial charge in [0.25, 0.3) is 5.91 Å². The van der Waals surface area contributed by atoms with E-state index in [0.29, 0.717) is 10.6 Å². The predicted molar refractivity (Wildman–Crippen MR) is 117 cm³/mol. The third kappa shape index (κ3) is 3.93. The molecule has 4 aromatic rings. The zero-order chi connectivity index (χ0) is 20.4. The molecule has 0 saturated carbocycles. The molecule has 0 unspecified atom stereocenters. The number of benzene rings is 4. The minimum atomic E-state index is -0.848. The van der Waals surface area contributed by atoms with Gasteiger partial charge in [-0.1, -0.05) is 72.3 Å². The van der Waals surface area contributed by atoms with Crippen LogP contribution in [0.3, 0.4) is 0 Å². The highest BCUT2D eigenvalue weighted by atomic mass is 35.5. The van der Waals surface area contributed by atoms with Crippen molar-refractivity contribution in [1.82, 2.24) is 5.32 Å². The Morgan fingerprint density at radius 1 is 0.862 bits per heavy atom. The summed E-state index contributed by atoms with van der Waals surface area (Å²) in [5.74, 6) is -0.924. The summed E-state index contributed by atoms with van der Waals surface area (Å²) in [6.45, 7) is 0. The minimum Gasteiger partial charge on any atom is -0.368 e. The Labute approximate surface area is 173 Å². The van der Waals surface area contributed by atoms with Crippen molar-refractivity contribution in [1.29, 1.82) is 0 Å². The van der Waals surface area contributed by atoms with E-state index in [1.807, 2.05) is 54.6 Å². The second kappa shape index (κ2) is 7.94. The number of nitrogens with one attached hydrogen (secondary N) is 1. The molecule has 0 heterocycles. The lowest BCUT2D eigenvalue weighted by molar-refractivity contribution is -0.119. The van der Waals surface area contributed by atoms with Crippen LogP contribution in [0.5, 0.6) is 0 Å². The number of hydrogen-bond donors (Lipinski definition) is 2. The SMILES string of the molecule is NC(=O)[C@@H](Cc1cccc(Cl)c1)NC(=O)c1c2ccccc2cc2ccccc12. The Morgan fingerprint density at radius 3 is 2.07 bits per heavy atom. The molecule has 2 amide bonds. The third-order valence-electron chi connectivity index (χ3n) is 4.98. The molecule has 5 heteroatoms. The maximum Gasteiger partial charge on any atom is 0.253 e. The van der Waals surface area contributed by atoms with Crippen molar-refractivity contribution in [2.75, 3.05) is 0 Å². The van der Waals surface area contributed by atoms with E-state index in [2.05, 4.69) is 11.4 Å². The molecule has 0 aliphatic heterocycles. The number of carbonyl (C=O) groups is 2. The van der Waals surface area contributed by atoms with E-state index in [0.717, 1.165) is 27.1 Å². The van der Waals surface area contributed by atoms with Crippen LogP contribution in [-0.4, -0.2) is 17.9 Å². The number of carbonyl (C=O) groups excluding carboxylic acids is 2. The number of hydrogen-bond acceptors (Lipinski definition) is 2. The normalized spacial score (nSPS) is 12.0. The molecule has 4 rings (SSSR count). The van der Waals surface area contributed by atoms with Gasteiger partial charge < -0.3 is 11.1 Å². The van der Waals surface area contributed by atoms with Gasteiger partial charge in [0.1, 0.15) is 6.04 Å². The van der Waals surface area contributed by atoms with E-state index in [1.165, 1.54) is 0 Å². The van der Waals surface area contributed by atoms with Gasteiger partial charge in [-0.2, -0.15) is 0 Å². The summed E-state index contributed by atoms with van der Waals surface area (Å²) in [6, 6.07) is 23.8. The summed E-state index contributed by atoms with van der Waals surface area (Å²) in [4.78, 5) is 25.4. The largest absolute Gasteiger partial charge is 0.368 e. The van der Waals surface area contributed by atoms with Crippen molar-refractivity contribution in [2.45, 2.75) is 12.5 Å². The van der Waals surface area contributed by atoms with Crippen LogP contribution in [0.2, 0.25) is 5.02 Å². The molecule has 4 nitrogen and oxygen atoms in total. The lowest BCUT2D eigenvalue weighted by Gasteiger charge is -2.18. The molecule has 0 aliphatic rings. The molecule has 0 fully saturated rings. The van der Waals surface area contributed by atoms with Crippen molar-refractivity contribution < 1.29 is 9.59 Å². The fourth-order valence-corrected chi connectivity index (χ4v) is 3.82. The summed E-state index contributed by atoms with van der Waals surface area (Å²) >= 11 is 6.04. The van der Waals surface area contributed by atoms with E-state index in [9.17, 15) is 9.59 Å². The molecule has 0 saturated heterocycles. The molecule has 3 N–H and O–H groups in total. The number of halogens is 1. The number of amides is 2. The number of fused-ring (bicyclic) bond motifs is 2. The first-order valence-electron chi connectivity index (χ1n) is 9.28. The van der Waals surface area contributed by atoms with Crippen LogP contribution < -0.4 is 11.1 Å². The topological polar surface area (TPSA) is 72.2 Å². The first-order chi connectivity index (χ1) is 14.0. The van der Waals surface area contributed by atoms with E-state index >= 15 is 0 Å². The standard InChI is InChI=1S/C24H19ClN2O2/c25-18-9-5-6-15(12-18)13-21(23(26)28)27-24(29)22-19-10-3-1-7-16(19)14-17-8-2-4-11-20(17)22/h1-12,14,21H,13H2,(H2,26,28)(H,27,29)/t21-/m1/s1. The van der Waals surface area contributed by atoms with Gasteiger partial charge in [0.15, 0.2) is 0 Å². The Morgan fingerprint density at radius 2 is 1.48 bits per heavy atom. The monoisotopic (exact) mass is 402 g/mol. The fourth-order valence-electron chi connectivity index (χ4n) is 3.61. The summed E-state index contributed by atoms with van der Waals surface area (Å²) in [7, 11) is 0. The van der Waals surface area contributed by atoms with Crippen LogP contribution in [0.1, 0.15) is 15.9 Å². The Bertz CT molecular complexity index is 1180. The highest BCUT2D eigenvalue weighted by molar-refractivity contribution is 6.30. The van der Waals surface area contributed by atoms with Crippen LogP contribution in [0.25, 0.3) is 21.5 Å². The smallest absolute Gasteiger partial charge is 0.253 e. The zero-order valence-electron chi connectivity index (χ0n) is 15.6. The minimum absolute atomic E-state index is 0.268. The van der Waals surface area contributed by atoms with Gasteiger partial charge in [-0.25, -0.2) is 0 Å². The molecule has 0 aromatic heterocycles. The van der Waals surface area contributed by atoms with Crippen LogP contribution in [-0.2, 0) is 11.2 Å². The summed E-state index contributed by atoms with van der Waals surface area (Å²) < 4.78 is 0. The molecule has 29 heavy (non-hydrogen) atoms. The van der Waals surface area contributed by atoms with Gasteiger partial charge in [-0.15, -0.1) is 0 Å². The first-order valence-corrected chi connectivity index (χ1v) is 9.66. The molecule has 144 valence electrons. The van der Waals surface area contributed by atoms with E-state index in [1.54, 1.807) is 18.2 Å². The number of nitrogens with two attached hydrogens (primary N) is 1. The molecule has 1 atom stereocenters. The van der Waals surface area contributed by atoms with Gasteiger partial charge in [0, 0.05) is 11.4 Å². The third-order valence-corrected chi connectivity index (χ3v) is 5.21. The second-order valence-corrected chi connectivity index (χ2v) is 7.39. The molecule has 0 radical (unpaired) electrons. The van der Waals surface area contributed by atoms with Crippen molar-refractivity contribution >= 4 is 45.0 Å². The highest BCUT2D eigenvalue weighted by Gasteiger charge is 2.22. The van der Waals surface area contributed by atoms with E-state index < -0.39 is 11.9 Å². The second-order valence-electron chi connectivity index (χ2n) is 6.96. The van der Waals surface area contributed by atoms with Crippen molar-refractivity contribution in [3.8, 4) is 0 Å². The van der Waals surface area contributed by atoms with E-state index in [4.69, 9.17) is 17.3 Å². The first kappa shape index (κ1) is 19.0. The van der Waals surface area contributed by atoms with Crippen LogP contribution in [0.4, 0.5) is 0 Å². The van der Waals surface area contributed by atoms with Gasteiger partial charge in [0.05, 0.1) is 5.56 Å². The molecule has 0 spiro atoms. The van der Waals surface area contributed by atoms with Crippen molar-refractivity contribution in [3.05, 3.63) is 95.0 Å². The van der Waals surface area contributed by atoms with Gasteiger partial charge in [0.2, 0.25) is 5.91 Å². The van der Waals surface area contributed by atoms with Gasteiger partial charge >= 0.3 is 0 Å². The number of primary amides is 1. The molecule has 0 bridgehead atoms. The van der Waals surface area contributed by atoms with Gasteiger partial charge in [-0.3, -0.25) is 9.59 Å². The molecular weight excluding hydrogens is 384 g/mol. The van der Waals surface area contributed by atoms with Crippen LogP contribution in [0.15, 0.2) is 78.9 Å². The molecular formula is C24H19ClN2O2. The van der Waals surface area contributed by atoms with Crippen LogP contribution >= 0.6 is 11.6 Å². The zero-order valence-corrected chi connectivity index (χ0v) is 16.3. The Hall–Kier alpha value is -3.37. The van der Waals surface area contributed by atoms with Crippen LogP contribution in [0, 0.1) is 0 Å². The lowest BCUT2D eigenvalue weighted by Crippen LogP contribution is -2.46. The Balaban J connectivity index is 1.74. The van der Waals surface area contributed by atoms with Gasteiger partial charge in [-0.05, 0) is 45.3 Å². The molecule has 0 aliphatic carbocycles. The maximum absolute atomic E-state index is 13.3. The average molecular weight is 403 g/mol. The fraction of sp³-hybridized carbons (Fsp3) is 0.0833. The predicted octanol–water partition coefficient (Wildman–Crippen LogP) is 4.47. The number of rotatable bonds is 5. The lowest BCUT2D eigenvalue weighted by atomic mass is 9.95. The van der Waals surface area contributed by atoms with Crippen molar-refractivity contribution in [2.24, 2.45) is 5.73 Å². The quantitative estimate of drug-likeness (QED) is 0.483. The summed E-state index contributed by atoms with van der Waals surface area (Å²) in [5, 5.41) is 6.97. The Kier molecular flexibility index (Phi) is 5.19. The molecule has 4 aromatic carbocycles. The van der Waals surface area contributed by atoms with Crippen molar-refractivity contribution in [3.63, 3.8) is 0 Å². The van der Waals surface area contributed by atoms with E-state index in [-0.39, 0.29) is 12.3 Å². The average Bonchev–Trinajstić information content (AvgIpc) is 2.71. The maximum atomic E-state index is 13.3. The summed E-state index contributed by atoms with van der Waals surface area (Å²) in [6.07, 6.45) is 0.268. The summed E-state index contributed by atoms with van der Waals surface area (Å²) in [5.41, 5.74) is 6.95.